The third-order valence-electron chi connectivity index (χ3n) is 4.94. The minimum absolute atomic E-state index is 0.203. The lowest BCUT2D eigenvalue weighted by Gasteiger charge is -2.38. The molecule has 3 heterocycles. The van der Waals surface area contributed by atoms with Crippen molar-refractivity contribution in [1.29, 1.82) is 0 Å². The molecule has 6 nitrogen and oxygen atoms in total. The molecule has 0 aromatic carbocycles. The standard InChI is InChI=1S/C20H27N3O3S/c1-3-9-23-16(13-22-10-6-5-7-11-22)17(19(24)26-4-2)18(21-20(23)25)15-8-12-27-14-15/h3,8,12,14,18H,1,4-7,9-11,13H2,2H3,(H,21,25)/t18-/m0/s1. The van der Waals surface area contributed by atoms with E-state index in [0.717, 1.165) is 37.2 Å². The topological polar surface area (TPSA) is 61.9 Å². The molecule has 1 saturated heterocycles. The number of thiophene rings is 1. The van der Waals surface area contributed by atoms with E-state index in [1.54, 1.807) is 29.2 Å². The van der Waals surface area contributed by atoms with Crippen LogP contribution in [0.1, 0.15) is 37.8 Å². The van der Waals surface area contributed by atoms with Crippen LogP contribution in [0.4, 0.5) is 4.79 Å². The molecule has 3 rings (SSSR count). The highest BCUT2D eigenvalue weighted by atomic mass is 32.1. The minimum atomic E-state index is -0.483. The fraction of sp³-hybridized carbons (Fsp3) is 0.500. The van der Waals surface area contributed by atoms with Crippen molar-refractivity contribution in [2.24, 2.45) is 0 Å². The number of nitrogens with zero attached hydrogens (tertiary/aromatic N) is 2. The Hall–Kier alpha value is -2.12. The Morgan fingerprint density at radius 1 is 1.41 bits per heavy atom. The van der Waals surface area contributed by atoms with Gasteiger partial charge in [-0.1, -0.05) is 12.5 Å². The number of ether oxygens (including phenoxy) is 1. The van der Waals surface area contributed by atoms with Crippen molar-refractivity contribution in [1.82, 2.24) is 15.1 Å². The zero-order valence-corrected chi connectivity index (χ0v) is 16.6. The van der Waals surface area contributed by atoms with Gasteiger partial charge in [-0.15, -0.1) is 6.58 Å². The van der Waals surface area contributed by atoms with Crippen LogP contribution in [0, 0.1) is 0 Å². The van der Waals surface area contributed by atoms with Crippen LogP contribution in [-0.2, 0) is 9.53 Å². The third kappa shape index (κ3) is 4.42. The molecular weight excluding hydrogens is 362 g/mol. The quantitative estimate of drug-likeness (QED) is 0.574. The van der Waals surface area contributed by atoms with Crippen LogP contribution < -0.4 is 5.32 Å². The number of esters is 1. The first-order chi connectivity index (χ1) is 13.2. The van der Waals surface area contributed by atoms with Gasteiger partial charge < -0.3 is 10.1 Å². The molecule has 1 aromatic rings. The first-order valence-electron chi connectivity index (χ1n) is 9.49. The number of carbonyl (C=O) groups is 2. The van der Waals surface area contributed by atoms with Crippen LogP contribution in [-0.4, -0.2) is 54.6 Å². The maximum Gasteiger partial charge on any atom is 0.338 e. The summed E-state index contributed by atoms with van der Waals surface area (Å²) in [6, 6.07) is 1.26. The van der Waals surface area contributed by atoms with Gasteiger partial charge in [-0.3, -0.25) is 9.80 Å². The third-order valence-corrected chi connectivity index (χ3v) is 5.65. The molecule has 0 aliphatic carbocycles. The molecule has 1 aromatic heterocycles. The van der Waals surface area contributed by atoms with Crippen molar-refractivity contribution >= 4 is 23.3 Å². The zero-order chi connectivity index (χ0) is 19.2. The van der Waals surface area contributed by atoms with Gasteiger partial charge in [-0.2, -0.15) is 11.3 Å². The summed E-state index contributed by atoms with van der Waals surface area (Å²) in [6.45, 7) is 8.74. The van der Waals surface area contributed by atoms with Crippen molar-refractivity contribution in [2.45, 2.75) is 32.2 Å². The fourth-order valence-corrected chi connectivity index (χ4v) is 4.35. The molecule has 1 atom stereocenters. The van der Waals surface area contributed by atoms with Gasteiger partial charge >= 0.3 is 12.0 Å². The van der Waals surface area contributed by atoms with Crippen LogP contribution in [0.2, 0.25) is 0 Å². The number of nitrogens with one attached hydrogen (secondary N) is 1. The molecule has 1 fully saturated rings. The maximum absolute atomic E-state index is 12.9. The lowest BCUT2D eigenvalue weighted by atomic mass is 9.95. The van der Waals surface area contributed by atoms with Crippen LogP contribution in [0.3, 0.4) is 0 Å². The lowest BCUT2D eigenvalue weighted by Crippen LogP contribution is -2.51. The van der Waals surface area contributed by atoms with E-state index in [0.29, 0.717) is 25.3 Å². The first kappa shape index (κ1) is 19.6. The molecule has 146 valence electrons. The van der Waals surface area contributed by atoms with Crippen LogP contribution in [0.15, 0.2) is 40.8 Å². The molecule has 0 bridgehead atoms. The number of hydrogen-bond donors (Lipinski definition) is 1. The summed E-state index contributed by atoms with van der Waals surface area (Å²) in [4.78, 5) is 29.7. The van der Waals surface area contributed by atoms with E-state index in [4.69, 9.17) is 4.74 Å². The van der Waals surface area contributed by atoms with Crippen LogP contribution in [0.25, 0.3) is 0 Å². The Morgan fingerprint density at radius 3 is 2.81 bits per heavy atom. The van der Waals surface area contributed by atoms with E-state index in [1.807, 2.05) is 16.8 Å². The summed E-state index contributed by atoms with van der Waals surface area (Å²) in [5, 5.41) is 6.89. The first-order valence-corrected chi connectivity index (χ1v) is 10.4. The molecule has 0 unspecified atom stereocenters. The van der Waals surface area contributed by atoms with Gasteiger partial charge in [0.15, 0.2) is 0 Å². The molecule has 0 spiro atoms. The number of carbonyl (C=O) groups excluding carboxylic acids is 2. The summed E-state index contributed by atoms with van der Waals surface area (Å²) >= 11 is 1.54. The second kappa shape index (κ2) is 9.19. The summed E-state index contributed by atoms with van der Waals surface area (Å²) in [6.07, 6.45) is 5.20. The minimum Gasteiger partial charge on any atom is -0.463 e. The second-order valence-electron chi connectivity index (χ2n) is 6.76. The van der Waals surface area contributed by atoms with E-state index < -0.39 is 6.04 Å². The zero-order valence-electron chi connectivity index (χ0n) is 15.8. The summed E-state index contributed by atoms with van der Waals surface area (Å²) in [7, 11) is 0. The predicted molar refractivity (Wildman–Crippen MR) is 106 cm³/mol. The number of urea groups is 1. The van der Waals surface area contributed by atoms with Gasteiger partial charge in [-0.25, -0.2) is 9.59 Å². The Kier molecular flexibility index (Phi) is 6.68. The van der Waals surface area contributed by atoms with Crippen molar-refractivity contribution in [3.8, 4) is 0 Å². The van der Waals surface area contributed by atoms with E-state index in [-0.39, 0.29) is 12.0 Å². The molecule has 0 radical (unpaired) electrons. The predicted octanol–water partition coefficient (Wildman–Crippen LogP) is 3.30. The van der Waals surface area contributed by atoms with Crippen molar-refractivity contribution in [3.05, 3.63) is 46.3 Å². The Balaban J connectivity index is 2.05. The SMILES string of the molecule is C=CCN1C(=O)N[C@@H](c2ccsc2)C(C(=O)OCC)=C1CN1CCCCC1. The maximum atomic E-state index is 12.9. The Labute approximate surface area is 164 Å². The van der Waals surface area contributed by atoms with E-state index in [1.165, 1.54) is 6.42 Å². The van der Waals surface area contributed by atoms with E-state index in [9.17, 15) is 9.59 Å². The van der Waals surface area contributed by atoms with E-state index >= 15 is 0 Å². The average Bonchev–Trinajstić information content (AvgIpc) is 3.20. The molecule has 7 heteroatoms. The number of piperidine rings is 1. The molecule has 0 saturated carbocycles. The monoisotopic (exact) mass is 389 g/mol. The van der Waals surface area contributed by atoms with E-state index in [2.05, 4.69) is 16.8 Å². The molecule has 1 N–H and O–H groups in total. The molecule has 27 heavy (non-hydrogen) atoms. The summed E-state index contributed by atoms with van der Waals surface area (Å²) in [5.74, 6) is -0.366. The van der Waals surface area contributed by atoms with Gasteiger partial charge in [-0.05, 0) is 55.2 Å². The molecule has 2 amide bonds. The van der Waals surface area contributed by atoms with Crippen LogP contribution in [0.5, 0.6) is 0 Å². The molecule has 2 aliphatic rings. The fourth-order valence-electron chi connectivity index (χ4n) is 3.66. The number of likely N-dealkylation sites (tertiary alicyclic amines) is 1. The van der Waals surface area contributed by atoms with Crippen molar-refractivity contribution in [2.75, 3.05) is 32.8 Å². The smallest absolute Gasteiger partial charge is 0.338 e. The summed E-state index contributed by atoms with van der Waals surface area (Å²) < 4.78 is 5.38. The summed E-state index contributed by atoms with van der Waals surface area (Å²) in [5.41, 5.74) is 2.17. The number of rotatable bonds is 7. The van der Waals surface area contributed by atoms with Gasteiger partial charge in [0.1, 0.15) is 0 Å². The van der Waals surface area contributed by atoms with Crippen LogP contribution >= 0.6 is 11.3 Å². The highest BCUT2D eigenvalue weighted by Gasteiger charge is 2.38. The average molecular weight is 390 g/mol. The number of hydrogen-bond acceptors (Lipinski definition) is 5. The van der Waals surface area contributed by atoms with Gasteiger partial charge in [0.25, 0.3) is 0 Å². The highest BCUT2D eigenvalue weighted by molar-refractivity contribution is 7.08. The highest BCUT2D eigenvalue weighted by Crippen LogP contribution is 2.33. The lowest BCUT2D eigenvalue weighted by molar-refractivity contribution is -0.139. The van der Waals surface area contributed by atoms with Crippen molar-refractivity contribution < 1.29 is 14.3 Å². The molecular formula is C20H27N3O3S. The molecule has 2 aliphatic heterocycles. The normalized spacial score (nSPS) is 21.1. The number of amides is 2. The van der Waals surface area contributed by atoms with Crippen molar-refractivity contribution in [3.63, 3.8) is 0 Å². The largest absolute Gasteiger partial charge is 0.463 e. The van der Waals surface area contributed by atoms with Gasteiger partial charge in [0, 0.05) is 18.8 Å². The Morgan fingerprint density at radius 2 is 2.19 bits per heavy atom. The van der Waals surface area contributed by atoms with Gasteiger partial charge in [0.05, 0.1) is 18.2 Å². The Bertz CT molecular complexity index is 708. The van der Waals surface area contributed by atoms with Gasteiger partial charge in [0.2, 0.25) is 0 Å². The second-order valence-corrected chi connectivity index (χ2v) is 7.54.